The van der Waals surface area contributed by atoms with Gasteiger partial charge in [-0.3, -0.25) is 9.69 Å². The molecule has 1 aliphatic heterocycles. The van der Waals surface area contributed by atoms with Gasteiger partial charge in [0.15, 0.2) is 5.82 Å². The van der Waals surface area contributed by atoms with Crippen LogP contribution in [0.3, 0.4) is 0 Å². The number of aromatic nitrogens is 5. The highest BCUT2D eigenvalue weighted by Gasteiger charge is 2.30. The SMILES string of the molecule is CCC[C@@H](c1nnnn1Cc1ccco1)N(Cc1cc2cccc(C)c2[nH]c1=O)C[C@H]1CCCO1. The molecule has 9 heteroatoms. The van der Waals surface area contributed by atoms with E-state index in [0.717, 1.165) is 65.9 Å². The fraction of sp³-hybridized carbons (Fsp3) is 0.462. The third-order valence-corrected chi connectivity index (χ3v) is 6.75. The summed E-state index contributed by atoms with van der Waals surface area (Å²) in [6.45, 7) is 6.60. The van der Waals surface area contributed by atoms with E-state index in [0.29, 0.717) is 19.6 Å². The van der Waals surface area contributed by atoms with Crippen molar-refractivity contribution in [1.82, 2.24) is 30.1 Å². The van der Waals surface area contributed by atoms with Gasteiger partial charge in [-0.2, -0.15) is 0 Å². The monoisotopic (exact) mass is 476 g/mol. The Morgan fingerprint density at radius 3 is 2.97 bits per heavy atom. The average Bonchev–Trinajstić information content (AvgIpc) is 3.63. The van der Waals surface area contributed by atoms with Gasteiger partial charge < -0.3 is 14.1 Å². The zero-order chi connectivity index (χ0) is 24.2. The molecule has 4 aromatic rings. The van der Waals surface area contributed by atoms with Crippen molar-refractivity contribution >= 4 is 10.9 Å². The van der Waals surface area contributed by atoms with E-state index in [9.17, 15) is 4.79 Å². The third-order valence-electron chi connectivity index (χ3n) is 6.75. The first-order valence-electron chi connectivity index (χ1n) is 12.4. The summed E-state index contributed by atoms with van der Waals surface area (Å²) < 4.78 is 13.3. The number of hydrogen-bond donors (Lipinski definition) is 1. The van der Waals surface area contributed by atoms with Crippen LogP contribution in [0.4, 0.5) is 0 Å². The summed E-state index contributed by atoms with van der Waals surface area (Å²) in [4.78, 5) is 18.5. The number of tetrazole rings is 1. The predicted octanol–water partition coefficient (Wildman–Crippen LogP) is 3.99. The van der Waals surface area contributed by atoms with Crippen LogP contribution in [-0.4, -0.2) is 49.3 Å². The third kappa shape index (κ3) is 5.21. The molecule has 1 N–H and O–H groups in total. The highest BCUT2D eigenvalue weighted by molar-refractivity contribution is 5.81. The summed E-state index contributed by atoms with van der Waals surface area (Å²) in [5, 5.41) is 13.7. The van der Waals surface area contributed by atoms with Crippen LogP contribution in [0.5, 0.6) is 0 Å². The van der Waals surface area contributed by atoms with Crippen LogP contribution in [0.1, 0.15) is 61.4 Å². The fourth-order valence-electron chi connectivity index (χ4n) is 4.98. The summed E-state index contributed by atoms with van der Waals surface area (Å²) in [6.07, 6.45) is 5.66. The Morgan fingerprint density at radius 2 is 2.20 bits per heavy atom. The minimum Gasteiger partial charge on any atom is -0.467 e. The molecule has 0 saturated carbocycles. The maximum atomic E-state index is 13.1. The molecule has 0 unspecified atom stereocenters. The van der Waals surface area contributed by atoms with Crippen molar-refractivity contribution in [2.45, 2.75) is 64.8 Å². The number of H-pyrrole nitrogens is 1. The first-order chi connectivity index (χ1) is 17.1. The second kappa shape index (κ2) is 10.5. The molecule has 1 aliphatic rings. The van der Waals surface area contributed by atoms with Gasteiger partial charge in [-0.1, -0.05) is 31.5 Å². The van der Waals surface area contributed by atoms with E-state index in [4.69, 9.17) is 9.15 Å². The second-order valence-corrected chi connectivity index (χ2v) is 9.31. The van der Waals surface area contributed by atoms with Crippen molar-refractivity contribution in [3.05, 3.63) is 75.7 Å². The lowest BCUT2D eigenvalue weighted by Gasteiger charge is -2.32. The summed E-state index contributed by atoms with van der Waals surface area (Å²) in [7, 11) is 0. The summed E-state index contributed by atoms with van der Waals surface area (Å²) >= 11 is 0. The van der Waals surface area contributed by atoms with Crippen LogP contribution in [-0.2, 0) is 17.8 Å². The van der Waals surface area contributed by atoms with Crippen molar-refractivity contribution in [2.24, 2.45) is 0 Å². The van der Waals surface area contributed by atoms with E-state index in [1.165, 1.54) is 0 Å². The molecule has 184 valence electrons. The molecule has 0 bridgehead atoms. The van der Waals surface area contributed by atoms with Crippen molar-refractivity contribution in [3.63, 3.8) is 0 Å². The van der Waals surface area contributed by atoms with E-state index in [-0.39, 0.29) is 17.7 Å². The molecule has 4 heterocycles. The van der Waals surface area contributed by atoms with Crippen LogP contribution in [0.15, 0.2) is 51.9 Å². The highest BCUT2D eigenvalue weighted by atomic mass is 16.5. The Labute approximate surface area is 204 Å². The van der Waals surface area contributed by atoms with Crippen molar-refractivity contribution < 1.29 is 9.15 Å². The number of rotatable bonds is 10. The molecule has 2 atom stereocenters. The molecule has 0 aliphatic carbocycles. The zero-order valence-electron chi connectivity index (χ0n) is 20.3. The number of benzene rings is 1. The van der Waals surface area contributed by atoms with Gasteiger partial charge in [0, 0.05) is 25.3 Å². The highest BCUT2D eigenvalue weighted by Crippen LogP contribution is 2.28. The number of nitrogens with zero attached hydrogens (tertiary/aromatic N) is 5. The minimum absolute atomic E-state index is 0.0606. The number of aryl methyl sites for hydroxylation is 1. The number of nitrogens with one attached hydrogen (secondary N) is 1. The van der Waals surface area contributed by atoms with Crippen molar-refractivity contribution in [1.29, 1.82) is 0 Å². The van der Waals surface area contributed by atoms with E-state index < -0.39 is 0 Å². The number of pyridine rings is 1. The maximum Gasteiger partial charge on any atom is 0.252 e. The summed E-state index contributed by atoms with van der Waals surface area (Å²) in [6, 6.07) is 11.8. The molecule has 3 aromatic heterocycles. The topological polar surface area (TPSA) is 102 Å². The molecule has 1 saturated heterocycles. The Kier molecular flexibility index (Phi) is 7.06. The van der Waals surface area contributed by atoms with Crippen LogP contribution in [0.25, 0.3) is 10.9 Å². The molecular formula is C26H32N6O3. The molecule has 1 fully saturated rings. The number of furan rings is 1. The minimum atomic E-state index is -0.0678. The van der Waals surface area contributed by atoms with Crippen molar-refractivity contribution in [2.75, 3.05) is 13.2 Å². The predicted molar refractivity (Wildman–Crippen MR) is 132 cm³/mol. The van der Waals surface area contributed by atoms with Crippen LogP contribution in [0, 0.1) is 6.92 Å². The molecule has 0 amide bonds. The molecule has 5 rings (SSSR count). The summed E-state index contributed by atoms with van der Waals surface area (Å²) in [5.74, 6) is 1.56. The Balaban J connectivity index is 1.50. The van der Waals surface area contributed by atoms with E-state index in [1.807, 2.05) is 43.3 Å². The van der Waals surface area contributed by atoms with Crippen LogP contribution < -0.4 is 5.56 Å². The first-order valence-corrected chi connectivity index (χ1v) is 12.4. The van der Waals surface area contributed by atoms with Gasteiger partial charge in [0.05, 0.1) is 23.9 Å². The van der Waals surface area contributed by atoms with Gasteiger partial charge in [0.1, 0.15) is 12.3 Å². The van der Waals surface area contributed by atoms with Crippen molar-refractivity contribution in [3.8, 4) is 0 Å². The number of aromatic amines is 1. The number of para-hydroxylation sites is 1. The number of fused-ring (bicyclic) bond motifs is 1. The largest absolute Gasteiger partial charge is 0.467 e. The molecule has 1 aromatic carbocycles. The van der Waals surface area contributed by atoms with Gasteiger partial charge in [-0.15, -0.1) is 5.10 Å². The number of ether oxygens (including phenoxy) is 1. The standard InChI is InChI=1S/C26H32N6O3/c1-3-7-23(25-28-29-30-32(25)17-22-11-6-13-35-22)31(16-21-10-5-12-34-21)15-20-14-19-9-4-8-18(2)24(19)27-26(20)33/h4,6,8-9,11,13-14,21,23H,3,5,7,10,12,15-17H2,1-2H3,(H,27,33)/t21-,23+/m1/s1. The van der Waals surface area contributed by atoms with Gasteiger partial charge in [-0.25, -0.2) is 4.68 Å². The molecule has 9 nitrogen and oxygen atoms in total. The van der Waals surface area contributed by atoms with Crippen LogP contribution >= 0.6 is 0 Å². The normalized spacial score (nSPS) is 16.9. The lowest BCUT2D eigenvalue weighted by Crippen LogP contribution is -2.38. The quantitative estimate of drug-likeness (QED) is 0.369. The lowest BCUT2D eigenvalue weighted by molar-refractivity contribution is 0.0476. The summed E-state index contributed by atoms with van der Waals surface area (Å²) in [5.41, 5.74) is 2.62. The van der Waals surface area contributed by atoms with Gasteiger partial charge in [0.2, 0.25) is 0 Å². The molecule has 0 radical (unpaired) electrons. The van der Waals surface area contributed by atoms with Gasteiger partial charge in [0.25, 0.3) is 5.56 Å². The molecule has 0 spiro atoms. The fourth-order valence-corrected chi connectivity index (χ4v) is 4.98. The zero-order valence-corrected chi connectivity index (χ0v) is 20.3. The Bertz CT molecular complexity index is 1310. The average molecular weight is 477 g/mol. The molecule has 35 heavy (non-hydrogen) atoms. The smallest absolute Gasteiger partial charge is 0.252 e. The van der Waals surface area contributed by atoms with E-state index in [1.54, 1.807) is 10.9 Å². The van der Waals surface area contributed by atoms with E-state index >= 15 is 0 Å². The van der Waals surface area contributed by atoms with Crippen LogP contribution in [0.2, 0.25) is 0 Å². The van der Waals surface area contributed by atoms with Gasteiger partial charge >= 0.3 is 0 Å². The second-order valence-electron chi connectivity index (χ2n) is 9.31. The molecular weight excluding hydrogens is 444 g/mol. The van der Waals surface area contributed by atoms with Gasteiger partial charge in [-0.05, 0) is 65.8 Å². The first kappa shape index (κ1) is 23.4. The maximum absolute atomic E-state index is 13.1. The number of hydrogen-bond acceptors (Lipinski definition) is 7. The Hall–Kier alpha value is -3.30. The lowest BCUT2D eigenvalue weighted by atomic mass is 10.0. The Morgan fingerprint density at radius 1 is 1.29 bits per heavy atom. The van der Waals surface area contributed by atoms with E-state index in [2.05, 4.69) is 32.3 Å².